The molecule has 8 rings (SSSR count). The van der Waals surface area contributed by atoms with Crippen molar-refractivity contribution in [2.75, 3.05) is 5.73 Å². The molecule has 2 nitrogen and oxygen atoms in total. The Morgan fingerprint density at radius 2 is 1.10 bits per heavy atom. The quantitative estimate of drug-likeness (QED) is 0.236. The predicted octanol–water partition coefficient (Wildman–Crippen LogP) is 10.0. The molecule has 188 valence electrons. The van der Waals surface area contributed by atoms with Gasteiger partial charge in [-0.15, -0.1) is 0 Å². The van der Waals surface area contributed by atoms with Gasteiger partial charge in [0.25, 0.3) is 0 Å². The highest BCUT2D eigenvalue weighted by atomic mass is 15.0. The number of aromatic nitrogens is 1. The first-order valence-corrected chi connectivity index (χ1v) is 13.7. The summed E-state index contributed by atoms with van der Waals surface area (Å²) in [6, 6.07) is 52.0. The second kappa shape index (κ2) is 8.86. The van der Waals surface area contributed by atoms with Crippen molar-refractivity contribution in [2.24, 2.45) is 0 Å². The van der Waals surface area contributed by atoms with Crippen LogP contribution in [0.5, 0.6) is 0 Å². The fraction of sp³-hybridized carbons (Fsp3) is 0. The van der Waals surface area contributed by atoms with Crippen LogP contribution in [0.3, 0.4) is 0 Å². The summed E-state index contributed by atoms with van der Waals surface area (Å²) in [5, 5.41) is 7.22. The number of nitrogens with two attached hydrogens (primary N) is 1. The van der Waals surface area contributed by atoms with E-state index in [-0.39, 0.29) is 0 Å². The normalized spacial score (nSPS) is 11.6. The first-order valence-electron chi connectivity index (χ1n) is 13.7. The Balaban J connectivity index is 1.36. The largest absolute Gasteiger partial charge is 0.398 e. The molecule has 0 unspecified atom stereocenters. The summed E-state index contributed by atoms with van der Waals surface area (Å²) < 4.78 is 2.35. The van der Waals surface area contributed by atoms with E-state index in [0.717, 1.165) is 22.0 Å². The minimum Gasteiger partial charge on any atom is -0.398 e. The highest BCUT2D eigenvalue weighted by Gasteiger charge is 2.16. The molecule has 8 aromatic rings. The van der Waals surface area contributed by atoms with E-state index >= 15 is 0 Å². The van der Waals surface area contributed by atoms with Crippen molar-refractivity contribution in [3.63, 3.8) is 0 Å². The van der Waals surface area contributed by atoms with Crippen LogP contribution in [0.1, 0.15) is 0 Å². The number of hydrogen-bond acceptors (Lipinski definition) is 1. The zero-order valence-electron chi connectivity index (χ0n) is 21.9. The smallest absolute Gasteiger partial charge is 0.0541 e. The molecule has 0 amide bonds. The summed E-state index contributed by atoms with van der Waals surface area (Å²) in [4.78, 5) is 0. The molecule has 0 aliphatic carbocycles. The molecular weight excluding hydrogens is 484 g/mol. The fourth-order valence-corrected chi connectivity index (χ4v) is 6.28. The van der Waals surface area contributed by atoms with Crippen molar-refractivity contribution >= 4 is 49.0 Å². The molecule has 0 radical (unpaired) electrons. The number of nitrogens with zero attached hydrogens (tertiary/aromatic N) is 1. The molecule has 1 heterocycles. The third-order valence-corrected chi connectivity index (χ3v) is 8.13. The molecule has 1 aromatic heterocycles. The van der Waals surface area contributed by atoms with Gasteiger partial charge in [0.2, 0.25) is 0 Å². The van der Waals surface area contributed by atoms with E-state index in [4.69, 9.17) is 5.73 Å². The molecule has 2 heteroatoms. The molecular formula is C38H26N2. The number of anilines is 1. The first kappa shape index (κ1) is 22.6. The summed E-state index contributed by atoms with van der Waals surface area (Å²) in [7, 11) is 0. The van der Waals surface area contributed by atoms with E-state index in [1.54, 1.807) is 0 Å². The number of hydrogen-bond donors (Lipinski definition) is 1. The summed E-state index contributed by atoms with van der Waals surface area (Å²) in [6.45, 7) is 0. The molecule has 0 aliphatic rings. The summed E-state index contributed by atoms with van der Waals surface area (Å²) >= 11 is 0. The van der Waals surface area contributed by atoms with Crippen LogP contribution in [-0.2, 0) is 0 Å². The Morgan fingerprint density at radius 1 is 0.425 bits per heavy atom. The van der Waals surface area contributed by atoms with Gasteiger partial charge in [-0.3, -0.25) is 0 Å². The van der Waals surface area contributed by atoms with Gasteiger partial charge in [0.1, 0.15) is 0 Å². The minimum atomic E-state index is 0.796. The number of rotatable bonds is 3. The number of fused-ring (bicyclic) bond motifs is 5. The molecule has 0 atom stereocenters. The lowest BCUT2D eigenvalue weighted by atomic mass is 9.90. The minimum absolute atomic E-state index is 0.796. The van der Waals surface area contributed by atoms with Crippen LogP contribution in [0.15, 0.2) is 146 Å². The van der Waals surface area contributed by atoms with Crippen molar-refractivity contribution in [1.29, 1.82) is 0 Å². The Morgan fingerprint density at radius 3 is 2.00 bits per heavy atom. The molecule has 40 heavy (non-hydrogen) atoms. The molecule has 0 bridgehead atoms. The number of benzene rings is 7. The summed E-state index contributed by atoms with van der Waals surface area (Å²) in [5.41, 5.74) is 15.8. The number of nitrogen functional groups attached to an aromatic ring is 1. The third-order valence-electron chi connectivity index (χ3n) is 8.13. The Kier molecular flexibility index (Phi) is 5.01. The molecule has 0 saturated heterocycles. The Labute approximate surface area is 232 Å². The standard InChI is InChI=1S/C38H26N2/c39-35-15-8-14-33-30(20-21-31(38(33)35)27-18-17-25-9-4-5-10-26(25)23-27)28-19-22-37-34(24-28)32-13-6-7-16-36(32)40(37)29-11-2-1-3-12-29/h1-24H,39H2. The fourth-order valence-electron chi connectivity index (χ4n) is 6.28. The third kappa shape index (κ3) is 3.43. The maximum absolute atomic E-state index is 6.68. The van der Waals surface area contributed by atoms with Gasteiger partial charge in [0, 0.05) is 27.5 Å². The van der Waals surface area contributed by atoms with E-state index < -0.39 is 0 Å². The first-order chi connectivity index (χ1) is 19.8. The molecule has 0 aliphatic heterocycles. The van der Waals surface area contributed by atoms with Gasteiger partial charge in [-0.05, 0) is 80.9 Å². The van der Waals surface area contributed by atoms with E-state index in [1.165, 1.54) is 55.0 Å². The monoisotopic (exact) mass is 510 g/mol. The SMILES string of the molecule is Nc1cccc2c(-c3ccc4c(c3)c3ccccc3n4-c3ccccc3)ccc(-c3ccc4ccccc4c3)c12. The molecule has 0 spiro atoms. The van der Waals surface area contributed by atoms with Crippen LogP contribution in [0.4, 0.5) is 5.69 Å². The van der Waals surface area contributed by atoms with Crippen LogP contribution in [-0.4, -0.2) is 4.57 Å². The topological polar surface area (TPSA) is 30.9 Å². The van der Waals surface area contributed by atoms with Gasteiger partial charge in [0.15, 0.2) is 0 Å². The number of para-hydroxylation sites is 2. The summed E-state index contributed by atoms with van der Waals surface area (Å²) in [5.74, 6) is 0. The van der Waals surface area contributed by atoms with Crippen molar-refractivity contribution < 1.29 is 0 Å². The van der Waals surface area contributed by atoms with Gasteiger partial charge in [-0.1, -0.05) is 103 Å². The highest BCUT2D eigenvalue weighted by molar-refractivity contribution is 6.14. The predicted molar refractivity (Wildman–Crippen MR) is 171 cm³/mol. The zero-order valence-corrected chi connectivity index (χ0v) is 21.9. The van der Waals surface area contributed by atoms with Crippen LogP contribution < -0.4 is 5.73 Å². The maximum Gasteiger partial charge on any atom is 0.0541 e. The second-order valence-corrected chi connectivity index (χ2v) is 10.4. The van der Waals surface area contributed by atoms with Crippen LogP contribution >= 0.6 is 0 Å². The second-order valence-electron chi connectivity index (χ2n) is 10.4. The van der Waals surface area contributed by atoms with E-state index in [0.29, 0.717) is 0 Å². The van der Waals surface area contributed by atoms with Gasteiger partial charge < -0.3 is 10.3 Å². The lowest BCUT2D eigenvalue weighted by Crippen LogP contribution is -1.93. The van der Waals surface area contributed by atoms with Crippen LogP contribution in [0.2, 0.25) is 0 Å². The molecule has 0 fully saturated rings. The van der Waals surface area contributed by atoms with Crippen molar-refractivity contribution in [3.8, 4) is 27.9 Å². The maximum atomic E-state index is 6.68. The van der Waals surface area contributed by atoms with Gasteiger partial charge in [-0.2, -0.15) is 0 Å². The van der Waals surface area contributed by atoms with Crippen LogP contribution in [0.25, 0.3) is 71.3 Å². The van der Waals surface area contributed by atoms with Crippen molar-refractivity contribution in [3.05, 3.63) is 146 Å². The average Bonchev–Trinajstić information content (AvgIpc) is 3.34. The lowest BCUT2D eigenvalue weighted by molar-refractivity contribution is 1.18. The van der Waals surface area contributed by atoms with E-state index in [2.05, 4.69) is 144 Å². The lowest BCUT2D eigenvalue weighted by Gasteiger charge is -2.15. The molecule has 7 aromatic carbocycles. The Hall–Kier alpha value is -5.34. The van der Waals surface area contributed by atoms with Crippen LogP contribution in [0, 0.1) is 0 Å². The van der Waals surface area contributed by atoms with Crippen molar-refractivity contribution in [1.82, 2.24) is 4.57 Å². The van der Waals surface area contributed by atoms with Gasteiger partial charge >= 0.3 is 0 Å². The van der Waals surface area contributed by atoms with E-state index in [1.807, 2.05) is 6.07 Å². The van der Waals surface area contributed by atoms with E-state index in [9.17, 15) is 0 Å². The zero-order chi connectivity index (χ0) is 26.6. The van der Waals surface area contributed by atoms with Crippen molar-refractivity contribution in [2.45, 2.75) is 0 Å². The molecule has 0 saturated carbocycles. The van der Waals surface area contributed by atoms with Gasteiger partial charge in [0.05, 0.1) is 11.0 Å². The summed E-state index contributed by atoms with van der Waals surface area (Å²) in [6.07, 6.45) is 0. The van der Waals surface area contributed by atoms with Gasteiger partial charge in [-0.25, -0.2) is 0 Å². The average molecular weight is 511 g/mol. The Bertz CT molecular complexity index is 2220. The molecule has 2 N–H and O–H groups in total. The highest BCUT2D eigenvalue weighted by Crippen LogP contribution is 2.41.